The normalized spacial score (nSPS) is 15.6. The van der Waals surface area contributed by atoms with Crippen LogP contribution in [0.15, 0.2) is 59.1 Å². The maximum Gasteiger partial charge on any atom is 0.246 e. The van der Waals surface area contributed by atoms with Crippen LogP contribution >= 0.6 is 15.9 Å². The molecule has 6 nitrogen and oxygen atoms in total. The lowest BCUT2D eigenvalue weighted by Gasteiger charge is -2.33. The minimum atomic E-state index is -3.40. The molecule has 0 saturated carbocycles. The summed E-state index contributed by atoms with van der Waals surface area (Å²) in [6.07, 6.45) is 3.21. The van der Waals surface area contributed by atoms with E-state index in [-0.39, 0.29) is 11.7 Å². The predicted molar refractivity (Wildman–Crippen MR) is 117 cm³/mol. The third-order valence-corrected chi connectivity index (χ3v) is 7.08. The van der Waals surface area contributed by atoms with E-state index in [4.69, 9.17) is 4.74 Å². The van der Waals surface area contributed by atoms with Crippen molar-refractivity contribution in [1.82, 2.24) is 9.21 Å². The predicted octanol–water partition coefficient (Wildman–Crippen LogP) is 3.15. The Labute approximate surface area is 180 Å². The summed E-state index contributed by atoms with van der Waals surface area (Å²) in [4.78, 5) is 14.2. The highest BCUT2D eigenvalue weighted by atomic mass is 79.9. The van der Waals surface area contributed by atoms with Crippen molar-refractivity contribution in [2.24, 2.45) is 0 Å². The van der Waals surface area contributed by atoms with Crippen molar-refractivity contribution < 1.29 is 17.9 Å². The molecule has 1 fully saturated rings. The van der Waals surface area contributed by atoms with Gasteiger partial charge in [-0.25, -0.2) is 8.42 Å². The molecule has 1 amide bonds. The fourth-order valence-corrected chi connectivity index (χ4v) is 5.06. The fourth-order valence-electron chi connectivity index (χ4n) is 3.16. The molecule has 0 aromatic heterocycles. The van der Waals surface area contributed by atoms with Crippen molar-refractivity contribution in [1.29, 1.82) is 0 Å². The van der Waals surface area contributed by atoms with Crippen LogP contribution in [0, 0.1) is 0 Å². The Balaban J connectivity index is 1.59. The highest BCUT2D eigenvalue weighted by molar-refractivity contribution is 9.10. The zero-order valence-corrected chi connectivity index (χ0v) is 18.5. The second-order valence-electron chi connectivity index (χ2n) is 6.69. The van der Waals surface area contributed by atoms with Crippen LogP contribution in [-0.2, 0) is 20.6 Å². The van der Waals surface area contributed by atoms with E-state index in [0.29, 0.717) is 31.9 Å². The number of sulfonamides is 1. The molecule has 1 saturated heterocycles. The minimum absolute atomic E-state index is 0.0234. The van der Waals surface area contributed by atoms with Crippen molar-refractivity contribution >= 4 is 37.9 Å². The summed E-state index contributed by atoms with van der Waals surface area (Å²) in [5.74, 6) is 0.505. The van der Waals surface area contributed by atoms with Crippen molar-refractivity contribution in [3.8, 4) is 5.75 Å². The fraction of sp³-hybridized carbons (Fsp3) is 0.286. The Morgan fingerprint density at radius 3 is 2.45 bits per heavy atom. The van der Waals surface area contributed by atoms with Gasteiger partial charge in [-0.1, -0.05) is 46.3 Å². The SMILES string of the molecule is COc1ccc(Br)cc1C=CC(=O)N1CCN(S(=O)(=O)Cc2ccccc2)CC1. The molecule has 2 aromatic carbocycles. The summed E-state index contributed by atoms with van der Waals surface area (Å²) in [6, 6.07) is 14.7. The molecule has 154 valence electrons. The number of hydrogen-bond donors (Lipinski definition) is 0. The van der Waals surface area contributed by atoms with Gasteiger partial charge in [0, 0.05) is 42.3 Å². The number of carbonyl (C=O) groups excluding carboxylic acids is 1. The van der Waals surface area contributed by atoms with E-state index in [2.05, 4.69) is 15.9 Å². The number of amides is 1. The van der Waals surface area contributed by atoms with E-state index in [0.717, 1.165) is 15.6 Å². The molecule has 3 rings (SSSR count). The largest absolute Gasteiger partial charge is 0.496 e. The molecule has 1 aliphatic heterocycles. The molecule has 0 bridgehead atoms. The van der Waals surface area contributed by atoms with Gasteiger partial charge in [0.05, 0.1) is 12.9 Å². The van der Waals surface area contributed by atoms with Crippen LogP contribution in [0.5, 0.6) is 5.75 Å². The molecule has 0 radical (unpaired) electrons. The van der Waals surface area contributed by atoms with Gasteiger partial charge in [0.15, 0.2) is 0 Å². The van der Waals surface area contributed by atoms with Crippen LogP contribution in [0.25, 0.3) is 6.08 Å². The molecule has 0 aliphatic carbocycles. The number of ether oxygens (including phenoxy) is 1. The average molecular weight is 479 g/mol. The van der Waals surface area contributed by atoms with Crippen LogP contribution in [0.2, 0.25) is 0 Å². The number of rotatable bonds is 6. The van der Waals surface area contributed by atoms with E-state index < -0.39 is 10.0 Å². The smallest absolute Gasteiger partial charge is 0.246 e. The molecule has 1 heterocycles. The zero-order valence-electron chi connectivity index (χ0n) is 16.1. The first-order valence-electron chi connectivity index (χ1n) is 9.21. The summed E-state index contributed by atoms with van der Waals surface area (Å²) in [5, 5.41) is 0. The number of piperazine rings is 1. The van der Waals surface area contributed by atoms with Gasteiger partial charge in [-0.15, -0.1) is 0 Å². The molecular weight excluding hydrogens is 456 g/mol. The summed E-state index contributed by atoms with van der Waals surface area (Å²) >= 11 is 3.41. The van der Waals surface area contributed by atoms with Crippen LogP contribution in [0.3, 0.4) is 0 Å². The lowest BCUT2D eigenvalue weighted by Crippen LogP contribution is -2.50. The lowest BCUT2D eigenvalue weighted by molar-refractivity contribution is -0.127. The van der Waals surface area contributed by atoms with Gasteiger partial charge in [0.2, 0.25) is 15.9 Å². The molecule has 0 unspecified atom stereocenters. The van der Waals surface area contributed by atoms with Gasteiger partial charge in [-0.3, -0.25) is 4.79 Å². The van der Waals surface area contributed by atoms with Crippen LogP contribution in [0.4, 0.5) is 0 Å². The van der Waals surface area contributed by atoms with Crippen molar-refractivity contribution in [3.63, 3.8) is 0 Å². The average Bonchev–Trinajstić information content (AvgIpc) is 2.72. The molecule has 0 atom stereocenters. The van der Waals surface area contributed by atoms with Gasteiger partial charge < -0.3 is 9.64 Å². The third kappa shape index (κ3) is 5.68. The van der Waals surface area contributed by atoms with Crippen molar-refractivity contribution in [2.75, 3.05) is 33.3 Å². The number of hydrogen-bond acceptors (Lipinski definition) is 4. The van der Waals surface area contributed by atoms with Crippen LogP contribution < -0.4 is 4.74 Å². The van der Waals surface area contributed by atoms with Crippen molar-refractivity contribution in [3.05, 3.63) is 70.2 Å². The summed E-state index contributed by atoms with van der Waals surface area (Å²) in [6.45, 7) is 1.34. The van der Waals surface area contributed by atoms with Gasteiger partial charge >= 0.3 is 0 Å². The Kier molecular flexibility index (Phi) is 7.10. The van der Waals surface area contributed by atoms with E-state index in [1.54, 1.807) is 30.2 Å². The highest BCUT2D eigenvalue weighted by Crippen LogP contribution is 2.24. The highest BCUT2D eigenvalue weighted by Gasteiger charge is 2.28. The molecule has 8 heteroatoms. The molecular formula is C21H23BrN2O4S. The number of nitrogens with zero attached hydrogens (tertiary/aromatic N) is 2. The number of benzene rings is 2. The van der Waals surface area contributed by atoms with Gasteiger partial charge in [0.1, 0.15) is 5.75 Å². The number of halogens is 1. The van der Waals surface area contributed by atoms with E-state index in [1.807, 2.05) is 36.4 Å². The van der Waals surface area contributed by atoms with Crippen LogP contribution in [0.1, 0.15) is 11.1 Å². The minimum Gasteiger partial charge on any atom is -0.496 e. The molecule has 29 heavy (non-hydrogen) atoms. The number of methoxy groups -OCH3 is 1. The second-order valence-corrected chi connectivity index (χ2v) is 9.57. The topological polar surface area (TPSA) is 66.9 Å². The van der Waals surface area contributed by atoms with E-state index >= 15 is 0 Å². The van der Waals surface area contributed by atoms with Gasteiger partial charge in [0.25, 0.3) is 0 Å². The van der Waals surface area contributed by atoms with Gasteiger partial charge in [-0.05, 0) is 29.8 Å². The standard InChI is InChI=1S/C21H23BrN2O4S/c1-28-20-9-8-19(22)15-18(20)7-10-21(25)23-11-13-24(14-12-23)29(26,27)16-17-5-3-2-4-6-17/h2-10,15H,11-14,16H2,1H3. The maximum atomic E-state index is 12.6. The first-order valence-corrected chi connectivity index (χ1v) is 11.6. The molecule has 1 aliphatic rings. The lowest BCUT2D eigenvalue weighted by atomic mass is 10.2. The monoisotopic (exact) mass is 478 g/mol. The maximum absolute atomic E-state index is 12.6. The molecule has 0 N–H and O–H groups in total. The summed E-state index contributed by atoms with van der Waals surface area (Å²) < 4.78 is 32.9. The second kappa shape index (κ2) is 9.56. The Morgan fingerprint density at radius 1 is 1.10 bits per heavy atom. The summed E-state index contributed by atoms with van der Waals surface area (Å²) in [5.41, 5.74) is 1.55. The quantitative estimate of drug-likeness (QED) is 0.598. The Bertz CT molecular complexity index is 985. The Hall–Kier alpha value is -2.16. The third-order valence-electron chi connectivity index (χ3n) is 4.73. The van der Waals surface area contributed by atoms with Crippen molar-refractivity contribution in [2.45, 2.75) is 5.75 Å². The molecule has 2 aromatic rings. The van der Waals surface area contributed by atoms with Crippen LogP contribution in [-0.4, -0.2) is 56.8 Å². The van der Waals surface area contributed by atoms with E-state index in [9.17, 15) is 13.2 Å². The molecule has 0 spiro atoms. The Morgan fingerprint density at radius 2 is 1.79 bits per heavy atom. The first-order chi connectivity index (χ1) is 13.9. The first kappa shape index (κ1) is 21.5. The summed E-state index contributed by atoms with van der Waals surface area (Å²) in [7, 11) is -1.82. The van der Waals surface area contributed by atoms with Gasteiger partial charge in [-0.2, -0.15) is 4.31 Å². The van der Waals surface area contributed by atoms with E-state index in [1.165, 1.54) is 10.4 Å². The zero-order chi connectivity index (χ0) is 20.9. The number of carbonyl (C=O) groups is 1.